The number of nitrogen functional groups attached to an aromatic ring is 1. The Morgan fingerprint density at radius 3 is 3.00 bits per heavy atom. The van der Waals surface area contributed by atoms with Gasteiger partial charge in [0.05, 0.1) is 17.4 Å². The summed E-state index contributed by atoms with van der Waals surface area (Å²) in [5, 5.41) is 11.9. The molecule has 1 aromatic rings. The van der Waals surface area contributed by atoms with Crippen LogP contribution < -0.4 is 11.1 Å². The Kier molecular flexibility index (Phi) is 4.26. The van der Waals surface area contributed by atoms with Gasteiger partial charge in [-0.2, -0.15) is 5.26 Å². The highest BCUT2D eigenvalue weighted by atomic mass is 32.2. The van der Waals surface area contributed by atoms with Gasteiger partial charge in [0.15, 0.2) is 0 Å². The number of hydrogen-bond donors (Lipinski definition) is 2. The van der Waals surface area contributed by atoms with Gasteiger partial charge in [0.1, 0.15) is 11.9 Å². The SMILES string of the molecule is CC(CNc1ncc(N)cc1C#N)S(C)=O. The van der Waals surface area contributed by atoms with Crippen molar-refractivity contribution in [2.45, 2.75) is 12.2 Å². The van der Waals surface area contributed by atoms with Gasteiger partial charge >= 0.3 is 0 Å². The Labute approximate surface area is 97.1 Å². The number of aromatic nitrogens is 1. The molecule has 0 spiro atoms. The number of nitrogens with zero attached hydrogens (tertiary/aromatic N) is 2. The highest BCUT2D eigenvalue weighted by Crippen LogP contribution is 2.14. The minimum absolute atomic E-state index is 0.00546. The van der Waals surface area contributed by atoms with E-state index in [0.29, 0.717) is 23.6 Å². The molecule has 6 heteroatoms. The lowest BCUT2D eigenvalue weighted by atomic mass is 10.2. The van der Waals surface area contributed by atoms with E-state index in [1.54, 1.807) is 12.3 Å². The summed E-state index contributed by atoms with van der Waals surface area (Å²) in [5.41, 5.74) is 6.37. The molecule has 2 atom stereocenters. The van der Waals surface area contributed by atoms with E-state index < -0.39 is 10.8 Å². The van der Waals surface area contributed by atoms with Crippen molar-refractivity contribution < 1.29 is 4.21 Å². The van der Waals surface area contributed by atoms with Gasteiger partial charge in [-0.25, -0.2) is 4.98 Å². The molecular weight excluding hydrogens is 224 g/mol. The monoisotopic (exact) mass is 238 g/mol. The van der Waals surface area contributed by atoms with Crippen molar-refractivity contribution >= 4 is 22.3 Å². The molecule has 0 saturated carbocycles. The first kappa shape index (κ1) is 12.5. The summed E-state index contributed by atoms with van der Waals surface area (Å²) in [6, 6.07) is 3.57. The average molecular weight is 238 g/mol. The topological polar surface area (TPSA) is 91.8 Å². The summed E-state index contributed by atoms with van der Waals surface area (Å²) >= 11 is 0. The van der Waals surface area contributed by atoms with Crippen LogP contribution in [0.4, 0.5) is 11.5 Å². The molecule has 0 amide bonds. The molecular formula is C10H14N4OS. The molecule has 2 unspecified atom stereocenters. The van der Waals surface area contributed by atoms with Crippen LogP contribution in [0.25, 0.3) is 0 Å². The number of pyridine rings is 1. The van der Waals surface area contributed by atoms with Crippen LogP contribution in [0, 0.1) is 11.3 Å². The number of rotatable bonds is 4. The largest absolute Gasteiger partial charge is 0.397 e. The van der Waals surface area contributed by atoms with Crippen molar-refractivity contribution in [2.75, 3.05) is 23.9 Å². The van der Waals surface area contributed by atoms with Gasteiger partial charge in [-0.1, -0.05) is 0 Å². The number of anilines is 2. The summed E-state index contributed by atoms with van der Waals surface area (Å²) in [5.74, 6) is 0.481. The molecule has 0 aliphatic carbocycles. The van der Waals surface area contributed by atoms with E-state index in [0.717, 1.165) is 0 Å². The van der Waals surface area contributed by atoms with Crippen LogP contribution in [-0.2, 0) is 10.8 Å². The highest BCUT2D eigenvalue weighted by Gasteiger charge is 2.08. The summed E-state index contributed by atoms with van der Waals surface area (Å²) in [7, 11) is -0.895. The fourth-order valence-corrected chi connectivity index (χ4v) is 1.38. The van der Waals surface area contributed by atoms with Crippen LogP contribution in [0.2, 0.25) is 0 Å². The third-order valence-electron chi connectivity index (χ3n) is 2.15. The van der Waals surface area contributed by atoms with Gasteiger partial charge < -0.3 is 11.1 Å². The standard InChI is InChI=1S/C10H14N4OS/c1-7(16(2)15)5-13-10-8(4-11)3-9(12)6-14-10/h3,6-7H,5,12H2,1-2H3,(H,13,14). The van der Waals surface area contributed by atoms with E-state index in [1.807, 2.05) is 13.0 Å². The number of nitrogens with one attached hydrogen (secondary N) is 1. The predicted molar refractivity (Wildman–Crippen MR) is 65.4 cm³/mol. The lowest BCUT2D eigenvalue weighted by Gasteiger charge is -2.11. The molecule has 86 valence electrons. The molecule has 0 saturated heterocycles. The Bertz CT molecular complexity index is 441. The van der Waals surface area contributed by atoms with Gasteiger partial charge in [0.2, 0.25) is 0 Å². The molecule has 0 aliphatic heterocycles. The molecule has 3 N–H and O–H groups in total. The molecule has 0 aromatic carbocycles. The average Bonchev–Trinajstić information content (AvgIpc) is 2.26. The van der Waals surface area contributed by atoms with Gasteiger partial charge in [-0.15, -0.1) is 0 Å². The van der Waals surface area contributed by atoms with E-state index in [-0.39, 0.29) is 5.25 Å². The van der Waals surface area contributed by atoms with Gasteiger partial charge in [0, 0.05) is 28.9 Å². The summed E-state index contributed by atoms with van der Waals surface area (Å²) < 4.78 is 11.1. The number of nitrogens with two attached hydrogens (primary N) is 1. The van der Waals surface area contributed by atoms with E-state index >= 15 is 0 Å². The Morgan fingerprint density at radius 1 is 1.75 bits per heavy atom. The third kappa shape index (κ3) is 3.21. The quantitative estimate of drug-likeness (QED) is 0.806. The second kappa shape index (κ2) is 5.47. The van der Waals surface area contributed by atoms with E-state index in [2.05, 4.69) is 10.3 Å². The molecule has 1 aromatic heterocycles. The Morgan fingerprint density at radius 2 is 2.44 bits per heavy atom. The van der Waals surface area contributed by atoms with Crippen molar-refractivity contribution in [3.63, 3.8) is 0 Å². The molecule has 0 aliphatic rings. The normalized spacial score (nSPS) is 13.8. The van der Waals surface area contributed by atoms with Crippen LogP contribution in [-0.4, -0.2) is 27.2 Å². The first-order valence-electron chi connectivity index (χ1n) is 4.76. The maximum Gasteiger partial charge on any atom is 0.144 e. The smallest absolute Gasteiger partial charge is 0.144 e. The van der Waals surface area contributed by atoms with Gasteiger partial charge in [-0.3, -0.25) is 4.21 Å². The van der Waals surface area contributed by atoms with Crippen LogP contribution in [0.1, 0.15) is 12.5 Å². The lowest BCUT2D eigenvalue weighted by Crippen LogP contribution is -2.21. The van der Waals surface area contributed by atoms with Crippen LogP contribution in [0.15, 0.2) is 12.3 Å². The van der Waals surface area contributed by atoms with Crippen LogP contribution in [0.3, 0.4) is 0 Å². The Hall–Kier alpha value is -1.61. The zero-order valence-corrected chi connectivity index (χ0v) is 10.0. The third-order valence-corrected chi connectivity index (χ3v) is 3.45. The maximum absolute atomic E-state index is 11.1. The summed E-state index contributed by atoms with van der Waals surface area (Å²) in [6.45, 7) is 2.38. The highest BCUT2D eigenvalue weighted by molar-refractivity contribution is 7.84. The van der Waals surface area contributed by atoms with Crippen molar-refractivity contribution in [1.29, 1.82) is 5.26 Å². The molecule has 1 heterocycles. The van der Waals surface area contributed by atoms with E-state index in [4.69, 9.17) is 11.0 Å². The Balaban J connectivity index is 2.75. The fourth-order valence-electron chi connectivity index (χ4n) is 1.06. The minimum Gasteiger partial charge on any atom is -0.397 e. The van der Waals surface area contributed by atoms with Gasteiger partial charge in [-0.05, 0) is 13.0 Å². The van der Waals surface area contributed by atoms with Crippen molar-refractivity contribution in [1.82, 2.24) is 4.98 Å². The summed E-state index contributed by atoms with van der Waals surface area (Å²) in [6.07, 6.45) is 3.13. The molecule has 16 heavy (non-hydrogen) atoms. The lowest BCUT2D eigenvalue weighted by molar-refractivity contribution is 0.679. The fraction of sp³-hybridized carbons (Fsp3) is 0.400. The van der Waals surface area contributed by atoms with Crippen molar-refractivity contribution in [3.8, 4) is 6.07 Å². The molecule has 5 nitrogen and oxygen atoms in total. The second-order valence-corrected chi connectivity index (χ2v) is 5.27. The van der Waals surface area contributed by atoms with Crippen LogP contribution in [0.5, 0.6) is 0 Å². The second-order valence-electron chi connectivity index (χ2n) is 3.47. The van der Waals surface area contributed by atoms with Crippen molar-refractivity contribution in [2.24, 2.45) is 0 Å². The summed E-state index contributed by atoms with van der Waals surface area (Å²) in [4.78, 5) is 4.02. The zero-order valence-electron chi connectivity index (χ0n) is 9.23. The van der Waals surface area contributed by atoms with Gasteiger partial charge in [0.25, 0.3) is 0 Å². The first-order valence-corrected chi connectivity index (χ1v) is 6.38. The zero-order chi connectivity index (χ0) is 12.1. The van der Waals surface area contributed by atoms with Crippen molar-refractivity contribution in [3.05, 3.63) is 17.8 Å². The number of nitriles is 1. The van der Waals surface area contributed by atoms with E-state index in [1.165, 1.54) is 6.20 Å². The number of hydrogen-bond acceptors (Lipinski definition) is 5. The molecule has 1 rings (SSSR count). The predicted octanol–water partition coefficient (Wildman–Crippen LogP) is 0.714. The first-order chi connectivity index (χ1) is 7.54. The molecule has 0 bridgehead atoms. The molecule has 0 fully saturated rings. The maximum atomic E-state index is 11.1. The minimum atomic E-state index is -0.895. The van der Waals surface area contributed by atoms with Crippen LogP contribution >= 0.6 is 0 Å². The van der Waals surface area contributed by atoms with E-state index in [9.17, 15) is 4.21 Å². The molecule has 0 radical (unpaired) electrons.